The van der Waals surface area contributed by atoms with Gasteiger partial charge in [0, 0.05) is 80.9 Å². The van der Waals surface area contributed by atoms with Crippen molar-refractivity contribution in [3.05, 3.63) is 47.2 Å². The maximum absolute atomic E-state index is 12.2. The van der Waals surface area contributed by atoms with Crippen LogP contribution in [-0.4, -0.2) is 67.2 Å². The van der Waals surface area contributed by atoms with Crippen LogP contribution in [0.2, 0.25) is 5.02 Å². The topological polar surface area (TPSA) is 61.8 Å². The molecule has 2 unspecified atom stereocenters. The quantitative estimate of drug-likeness (QED) is 0.756. The Morgan fingerprint density at radius 2 is 2.00 bits per heavy atom. The Balaban J connectivity index is 1.11. The lowest BCUT2D eigenvalue weighted by atomic mass is 10.0. The normalized spacial score (nSPS) is 24.4. The molecule has 0 saturated carbocycles. The van der Waals surface area contributed by atoms with Gasteiger partial charge in [0.1, 0.15) is 24.6 Å². The molecule has 0 amide bonds. The van der Waals surface area contributed by atoms with Crippen LogP contribution in [0.5, 0.6) is 5.75 Å². The number of piperazine rings is 1. The summed E-state index contributed by atoms with van der Waals surface area (Å²) in [5.41, 5.74) is 2.35. The molecule has 2 N–H and O–H groups in total. The van der Waals surface area contributed by atoms with E-state index in [9.17, 15) is 4.79 Å². The summed E-state index contributed by atoms with van der Waals surface area (Å²) in [6.45, 7) is 7.02. The predicted octanol–water partition coefficient (Wildman–Crippen LogP) is 1.88. The first-order valence-electron chi connectivity index (χ1n) is 10.7. The molecule has 160 valence electrons. The number of piperidine rings is 1. The molecule has 2 aromatic rings. The summed E-state index contributed by atoms with van der Waals surface area (Å²) in [7, 11) is 0. The zero-order valence-corrected chi connectivity index (χ0v) is 17.8. The van der Waals surface area contributed by atoms with E-state index >= 15 is 0 Å². The number of rotatable bonds is 5. The van der Waals surface area contributed by atoms with E-state index in [0.29, 0.717) is 19.6 Å². The van der Waals surface area contributed by atoms with E-state index in [1.54, 1.807) is 0 Å². The van der Waals surface area contributed by atoms with Crippen molar-refractivity contribution in [2.75, 3.05) is 50.8 Å². The van der Waals surface area contributed by atoms with Crippen LogP contribution < -0.4 is 20.3 Å². The fourth-order valence-corrected chi connectivity index (χ4v) is 4.85. The molecule has 0 aliphatic carbocycles. The second-order valence-electron chi connectivity index (χ2n) is 8.21. The Bertz CT molecular complexity index is 909. The number of carbonyl (C=O) groups is 1. The van der Waals surface area contributed by atoms with Gasteiger partial charge in [-0.3, -0.25) is 20.3 Å². The Hall–Kier alpha value is -2.06. The molecule has 5 rings (SSSR count). The van der Waals surface area contributed by atoms with E-state index in [-0.39, 0.29) is 18.0 Å². The molecule has 3 aliphatic rings. The van der Waals surface area contributed by atoms with Gasteiger partial charge in [0.05, 0.1) is 0 Å². The second-order valence-corrected chi connectivity index (χ2v) is 8.64. The standard InChI is InChI=1S/C22H28ClN5O2/c23-16-2-1-3-17(12-16)27-8-6-26(7-9-27)10-11-30-19-13-18-14-25-21-20(29)4-5-24-22(21)28(18)15-19/h1-3,12-13,15,21-22,24-25H,4-11,14H2. The van der Waals surface area contributed by atoms with Gasteiger partial charge < -0.3 is 14.2 Å². The number of ketones is 1. The van der Waals surface area contributed by atoms with Crippen molar-refractivity contribution in [3.63, 3.8) is 0 Å². The lowest BCUT2D eigenvalue weighted by Gasteiger charge is -2.37. The fraction of sp³-hybridized carbons (Fsp3) is 0.500. The molecule has 2 saturated heterocycles. The number of ether oxygens (including phenoxy) is 1. The molecule has 8 heteroatoms. The summed E-state index contributed by atoms with van der Waals surface area (Å²) < 4.78 is 8.23. The second kappa shape index (κ2) is 8.59. The van der Waals surface area contributed by atoms with Crippen molar-refractivity contribution < 1.29 is 9.53 Å². The minimum Gasteiger partial charge on any atom is -0.491 e. The third-order valence-electron chi connectivity index (χ3n) is 6.32. The molecular formula is C22H28ClN5O2. The van der Waals surface area contributed by atoms with Crippen molar-refractivity contribution in [1.29, 1.82) is 0 Å². The molecule has 0 radical (unpaired) electrons. The van der Waals surface area contributed by atoms with Crippen LogP contribution in [0.15, 0.2) is 36.5 Å². The largest absolute Gasteiger partial charge is 0.491 e. The van der Waals surface area contributed by atoms with E-state index in [0.717, 1.165) is 55.7 Å². The van der Waals surface area contributed by atoms with Gasteiger partial charge >= 0.3 is 0 Å². The summed E-state index contributed by atoms with van der Waals surface area (Å²) >= 11 is 6.12. The third-order valence-corrected chi connectivity index (χ3v) is 6.55. The highest BCUT2D eigenvalue weighted by molar-refractivity contribution is 6.30. The number of anilines is 1. The summed E-state index contributed by atoms with van der Waals surface area (Å²) in [6, 6.07) is 10.0. The van der Waals surface area contributed by atoms with Gasteiger partial charge in [-0.15, -0.1) is 0 Å². The number of aromatic nitrogens is 1. The molecule has 30 heavy (non-hydrogen) atoms. The highest BCUT2D eigenvalue weighted by Crippen LogP contribution is 2.28. The van der Waals surface area contributed by atoms with Gasteiger partial charge in [-0.25, -0.2) is 0 Å². The number of carbonyl (C=O) groups excluding carboxylic acids is 1. The number of halogens is 1. The lowest BCUT2D eigenvalue weighted by molar-refractivity contribution is -0.124. The van der Waals surface area contributed by atoms with Crippen molar-refractivity contribution in [3.8, 4) is 5.75 Å². The smallest absolute Gasteiger partial charge is 0.154 e. The Morgan fingerprint density at radius 1 is 1.13 bits per heavy atom. The van der Waals surface area contributed by atoms with Crippen LogP contribution in [0.3, 0.4) is 0 Å². The van der Waals surface area contributed by atoms with E-state index in [1.165, 1.54) is 5.69 Å². The number of fused-ring (bicyclic) bond motifs is 3. The first kappa shape index (κ1) is 19.9. The van der Waals surface area contributed by atoms with Crippen molar-refractivity contribution in [1.82, 2.24) is 20.1 Å². The van der Waals surface area contributed by atoms with Crippen LogP contribution in [0.1, 0.15) is 18.3 Å². The van der Waals surface area contributed by atoms with Gasteiger partial charge in [0.2, 0.25) is 0 Å². The van der Waals surface area contributed by atoms with Gasteiger partial charge in [0.25, 0.3) is 0 Å². The third kappa shape index (κ3) is 4.07. The molecule has 2 atom stereocenters. The van der Waals surface area contributed by atoms with Crippen molar-refractivity contribution >= 4 is 23.1 Å². The maximum Gasteiger partial charge on any atom is 0.154 e. The van der Waals surface area contributed by atoms with E-state index < -0.39 is 0 Å². The minimum atomic E-state index is -0.137. The molecule has 7 nitrogen and oxygen atoms in total. The SMILES string of the molecule is O=C1CCNC2C1NCc1cc(OCCN3CCN(c4cccc(Cl)c4)CC3)cn12. The van der Waals surface area contributed by atoms with Crippen molar-refractivity contribution in [2.24, 2.45) is 0 Å². The zero-order valence-electron chi connectivity index (χ0n) is 17.0. The Morgan fingerprint density at radius 3 is 2.83 bits per heavy atom. The summed E-state index contributed by atoms with van der Waals surface area (Å²) in [5.74, 6) is 1.17. The van der Waals surface area contributed by atoms with Gasteiger partial charge in [0.15, 0.2) is 5.78 Å². The zero-order chi connectivity index (χ0) is 20.5. The molecule has 4 heterocycles. The van der Waals surface area contributed by atoms with Crippen LogP contribution in [0.4, 0.5) is 5.69 Å². The molecule has 1 aromatic carbocycles. The van der Waals surface area contributed by atoms with Crippen LogP contribution in [0, 0.1) is 0 Å². The Labute approximate surface area is 181 Å². The maximum atomic E-state index is 12.2. The van der Waals surface area contributed by atoms with E-state index in [2.05, 4.69) is 37.1 Å². The highest BCUT2D eigenvalue weighted by Gasteiger charge is 2.36. The number of nitrogens with zero attached hydrogens (tertiary/aromatic N) is 3. The number of Topliss-reactive ketones (excluding diaryl/α,β-unsaturated/α-hetero) is 1. The van der Waals surface area contributed by atoms with E-state index in [1.807, 2.05) is 24.4 Å². The first-order chi connectivity index (χ1) is 14.7. The first-order valence-corrected chi connectivity index (χ1v) is 11.1. The fourth-order valence-electron chi connectivity index (χ4n) is 4.66. The Kier molecular flexibility index (Phi) is 5.69. The summed E-state index contributed by atoms with van der Waals surface area (Å²) in [6.07, 6.45) is 2.63. The summed E-state index contributed by atoms with van der Waals surface area (Å²) in [4.78, 5) is 17.0. The van der Waals surface area contributed by atoms with Crippen LogP contribution in [-0.2, 0) is 11.3 Å². The number of nitrogens with one attached hydrogen (secondary N) is 2. The molecule has 3 aliphatic heterocycles. The van der Waals surface area contributed by atoms with Gasteiger partial charge in [-0.2, -0.15) is 0 Å². The van der Waals surface area contributed by atoms with Gasteiger partial charge in [-0.1, -0.05) is 17.7 Å². The average Bonchev–Trinajstić information content (AvgIpc) is 3.18. The van der Waals surface area contributed by atoms with Gasteiger partial charge in [-0.05, 0) is 18.2 Å². The lowest BCUT2D eigenvalue weighted by Crippen LogP contribution is -2.56. The van der Waals surface area contributed by atoms with Crippen LogP contribution >= 0.6 is 11.6 Å². The molecule has 0 bridgehead atoms. The number of hydrogen-bond donors (Lipinski definition) is 2. The minimum absolute atomic E-state index is 0.00748. The molecule has 1 aromatic heterocycles. The average molecular weight is 430 g/mol. The molecular weight excluding hydrogens is 402 g/mol. The monoisotopic (exact) mass is 429 g/mol. The summed E-state index contributed by atoms with van der Waals surface area (Å²) in [5, 5.41) is 7.60. The number of benzene rings is 1. The van der Waals surface area contributed by atoms with Crippen LogP contribution in [0.25, 0.3) is 0 Å². The number of hydrogen-bond acceptors (Lipinski definition) is 6. The van der Waals surface area contributed by atoms with E-state index in [4.69, 9.17) is 16.3 Å². The molecule has 2 fully saturated rings. The predicted molar refractivity (Wildman–Crippen MR) is 117 cm³/mol. The van der Waals surface area contributed by atoms with Crippen molar-refractivity contribution in [2.45, 2.75) is 25.2 Å². The molecule has 0 spiro atoms. The highest BCUT2D eigenvalue weighted by atomic mass is 35.5.